The van der Waals surface area contributed by atoms with Crippen LogP contribution in [0, 0.1) is 5.92 Å². The molecule has 0 radical (unpaired) electrons. The molecular formula is C35H45N3O9. The average molecular weight is 652 g/mol. The van der Waals surface area contributed by atoms with Gasteiger partial charge in [0, 0.05) is 0 Å². The first-order valence-corrected chi connectivity index (χ1v) is 16.0. The highest BCUT2D eigenvalue weighted by atomic mass is 16.7. The Labute approximate surface area is 275 Å². The van der Waals surface area contributed by atoms with Gasteiger partial charge >= 0.3 is 5.97 Å². The Kier molecular flexibility index (Phi) is 14.8. The van der Waals surface area contributed by atoms with Crippen LogP contribution in [0.1, 0.15) is 79.9 Å². The number of rotatable bonds is 20. The second kappa shape index (κ2) is 19.0. The number of aromatic hydroxyl groups is 1. The number of hydrogen-bond donors (Lipinski definition) is 3. The summed E-state index contributed by atoms with van der Waals surface area (Å²) in [6, 6.07) is 15.0. The minimum atomic E-state index is -0.732. The highest BCUT2D eigenvalue weighted by Crippen LogP contribution is 2.37. The molecule has 3 amide bonds. The SMILES string of the molecule is CCCCON(C=O)[C@H](CC)[C@@H](CCc1ccccc1)C(=O)NCNC(=O)c1ccc(-c2cc(OCC)cc(C(=O)OCC)c2O)o1. The molecule has 0 saturated heterocycles. The third-order valence-electron chi connectivity index (χ3n) is 7.47. The van der Waals surface area contributed by atoms with Gasteiger partial charge in [0.15, 0.2) is 5.76 Å². The van der Waals surface area contributed by atoms with E-state index in [-0.39, 0.29) is 47.6 Å². The van der Waals surface area contributed by atoms with Gasteiger partial charge in [0.05, 0.1) is 44.0 Å². The molecule has 47 heavy (non-hydrogen) atoms. The van der Waals surface area contributed by atoms with Crippen LogP contribution in [0.3, 0.4) is 0 Å². The zero-order chi connectivity index (χ0) is 34.2. The summed E-state index contributed by atoms with van der Waals surface area (Å²) >= 11 is 0. The van der Waals surface area contributed by atoms with Crippen molar-refractivity contribution in [2.24, 2.45) is 5.92 Å². The Morgan fingerprint density at radius 1 is 1.00 bits per heavy atom. The fourth-order valence-corrected chi connectivity index (χ4v) is 5.07. The van der Waals surface area contributed by atoms with Crippen LogP contribution in [0.15, 0.2) is 59.0 Å². The van der Waals surface area contributed by atoms with E-state index in [4.69, 9.17) is 18.7 Å². The second-order valence-corrected chi connectivity index (χ2v) is 10.7. The molecule has 0 aliphatic heterocycles. The van der Waals surface area contributed by atoms with Crippen molar-refractivity contribution in [2.45, 2.75) is 65.8 Å². The maximum atomic E-state index is 13.5. The standard InChI is InChI=1S/C35H45N3O9/c1-5-9-19-46-38(23-39)29(6-2)26(16-15-24-13-11-10-12-14-24)33(41)36-22-37-34(42)31-18-17-30(47-31)27-20-25(44-7-3)21-28(32(27)40)35(43)45-8-4/h10-14,17-18,20-21,23,26,29,40H,5-9,15-16,19,22H2,1-4H3,(H,36,41)(H,37,42)/t26-,29-/m1/s1. The van der Waals surface area contributed by atoms with Crippen LogP contribution in [-0.2, 0) is 25.6 Å². The Balaban J connectivity index is 1.72. The molecule has 254 valence electrons. The van der Waals surface area contributed by atoms with E-state index in [9.17, 15) is 24.3 Å². The fraction of sp³-hybridized carbons (Fsp3) is 0.429. The minimum Gasteiger partial charge on any atom is -0.506 e. The molecule has 3 aromatic rings. The summed E-state index contributed by atoms with van der Waals surface area (Å²) in [5.74, 6) is -2.35. The van der Waals surface area contributed by atoms with Gasteiger partial charge in [-0.2, -0.15) is 0 Å². The van der Waals surface area contributed by atoms with Crippen LogP contribution < -0.4 is 15.4 Å². The molecule has 12 nitrogen and oxygen atoms in total. The van der Waals surface area contributed by atoms with Crippen molar-refractivity contribution < 1.29 is 43.0 Å². The first-order chi connectivity index (χ1) is 22.8. The number of hydrogen-bond acceptors (Lipinski definition) is 9. The van der Waals surface area contributed by atoms with Gasteiger partial charge in [-0.05, 0) is 69.4 Å². The van der Waals surface area contributed by atoms with E-state index in [2.05, 4.69) is 10.6 Å². The largest absolute Gasteiger partial charge is 0.506 e. The molecule has 3 N–H and O–H groups in total. The number of aryl methyl sites for hydroxylation is 1. The van der Waals surface area contributed by atoms with E-state index in [0.717, 1.165) is 18.4 Å². The number of benzene rings is 2. The smallest absolute Gasteiger partial charge is 0.342 e. The van der Waals surface area contributed by atoms with E-state index < -0.39 is 23.8 Å². The van der Waals surface area contributed by atoms with Crippen LogP contribution >= 0.6 is 0 Å². The minimum absolute atomic E-state index is 0.0864. The van der Waals surface area contributed by atoms with E-state index in [0.29, 0.717) is 44.6 Å². The molecule has 2 aromatic carbocycles. The lowest BCUT2D eigenvalue weighted by Gasteiger charge is -2.32. The maximum absolute atomic E-state index is 13.5. The number of furan rings is 1. The Hall–Kier alpha value is -4.84. The van der Waals surface area contributed by atoms with Crippen LogP contribution in [0.5, 0.6) is 11.5 Å². The monoisotopic (exact) mass is 651 g/mol. The van der Waals surface area contributed by atoms with Crippen LogP contribution in [-0.4, -0.2) is 66.9 Å². The molecule has 0 spiro atoms. The van der Waals surface area contributed by atoms with Gasteiger partial charge in [-0.1, -0.05) is 50.6 Å². The summed E-state index contributed by atoms with van der Waals surface area (Å²) in [6.45, 7) is 7.92. The van der Waals surface area contributed by atoms with Gasteiger partial charge in [0.25, 0.3) is 5.91 Å². The Bertz CT molecular complexity index is 1460. The number of phenols is 1. The number of hydroxylamine groups is 2. The van der Waals surface area contributed by atoms with Gasteiger partial charge in [0.1, 0.15) is 22.8 Å². The van der Waals surface area contributed by atoms with Gasteiger partial charge in [-0.15, -0.1) is 0 Å². The highest BCUT2D eigenvalue weighted by molar-refractivity contribution is 5.96. The Morgan fingerprint density at radius 2 is 1.77 bits per heavy atom. The topological polar surface area (TPSA) is 157 Å². The molecule has 0 saturated carbocycles. The zero-order valence-corrected chi connectivity index (χ0v) is 27.5. The third-order valence-corrected chi connectivity index (χ3v) is 7.47. The number of amides is 3. The molecule has 1 aromatic heterocycles. The lowest BCUT2D eigenvalue weighted by atomic mass is 9.90. The predicted octanol–water partition coefficient (Wildman–Crippen LogP) is 5.25. The van der Waals surface area contributed by atoms with Crippen LogP contribution in [0.25, 0.3) is 11.3 Å². The fourth-order valence-electron chi connectivity index (χ4n) is 5.07. The normalized spacial score (nSPS) is 12.1. The maximum Gasteiger partial charge on any atom is 0.342 e. The van der Waals surface area contributed by atoms with Crippen molar-refractivity contribution in [3.05, 3.63) is 71.5 Å². The first kappa shape index (κ1) is 36.6. The highest BCUT2D eigenvalue weighted by Gasteiger charge is 2.32. The van der Waals surface area contributed by atoms with Crippen molar-refractivity contribution in [1.29, 1.82) is 0 Å². The van der Waals surface area contributed by atoms with Gasteiger partial charge < -0.3 is 29.6 Å². The van der Waals surface area contributed by atoms with Crippen LogP contribution in [0.2, 0.25) is 0 Å². The zero-order valence-electron chi connectivity index (χ0n) is 27.5. The summed E-state index contributed by atoms with van der Waals surface area (Å²) in [4.78, 5) is 56.6. The van der Waals surface area contributed by atoms with Crippen molar-refractivity contribution in [3.63, 3.8) is 0 Å². The third kappa shape index (κ3) is 10.3. The number of nitrogens with zero attached hydrogens (tertiary/aromatic N) is 1. The van der Waals surface area contributed by atoms with Crippen molar-refractivity contribution >= 4 is 24.2 Å². The van der Waals surface area contributed by atoms with E-state index >= 15 is 0 Å². The van der Waals surface area contributed by atoms with E-state index in [1.54, 1.807) is 13.8 Å². The van der Waals surface area contributed by atoms with Gasteiger partial charge in [0.2, 0.25) is 12.3 Å². The molecular weight excluding hydrogens is 606 g/mol. The number of unbranched alkanes of at least 4 members (excludes halogenated alkanes) is 1. The summed E-state index contributed by atoms with van der Waals surface area (Å²) in [5, 5.41) is 17.4. The number of carbonyl (C=O) groups excluding carboxylic acids is 4. The lowest BCUT2D eigenvalue weighted by molar-refractivity contribution is -0.195. The number of ether oxygens (including phenoxy) is 2. The second-order valence-electron chi connectivity index (χ2n) is 10.7. The van der Waals surface area contributed by atoms with Gasteiger partial charge in [-0.25, -0.2) is 9.86 Å². The van der Waals surface area contributed by atoms with Crippen molar-refractivity contribution in [3.8, 4) is 22.8 Å². The molecule has 3 rings (SSSR count). The summed E-state index contributed by atoms with van der Waals surface area (Å²) in [6.07, 6.45) is 3.81. The quantitative estimate of drug-likeness (QED) is 0.0488. The number of esters is 1. The number of phenolic OH excluding ortho intramolecular Hbond substituents is 1. The van der Waals surface area contributed by atoms with E-state index in [1.165, 1.54) is 29.3 Å². The summed E-state index contributed by atoms with van der Waals surface area (Å²) in [5.41, 5.74) is 1.09. The molecule has 12 heteroatoms. The van der Waals surface area contributed by atoms with Crippen molar-refractivity contribution in [2.75, 3.05) is 26.5 Å². The molecule has 0 aliphatic carbocycles. The molecule has 0 fully saturated rings. The summed E-state index contributed by atoms with van der Waals surface area (Å²) < 4.78 is 16.3. The van der Waals surface area contributed by atoms with Gasteiger partial charge in [-0.3, -0.25) is 19.2 Å². The first-order valence-electron chi connectivity index (χ1n) is 16.0. The lowest BCUT2D eigenvalue weighted by Crippen LogP contribution is -2.48. The van der Waals surface area contributed by atoms with Crippen molar-refractivity contribution in [1.82, 2.24) is 15.7 Å². The Morgan fingerprint density at radius 3 is 2.43 bits per heavy atom. The molecule has 1 heterocycles. The van der Waals surface area contributed by atoms with E-state index in [1.807, 2.05) is 44.2 Å². The molecule has 0 aliphatic rings. The molecule has 0 unspecified atom stereocenters. The molecule has 0 bridgehead atoms. The summed E-state index contributed by atoms with van der Waals surface area (Å²) in [7, 11) is 0. The number of carbonyl (C=O) groups is 4. The number of nitrogens with one attached hydrogen (secondary N) is 2. The van der Waals surface area contributed by atoms with Crippen LogP contribution in [0.4, 0.5) is 0 Å². The molecule has 2 atom stereocenters. The average Bonchev–Trinajstić information content (AvgIpc) is 3.57. The predicted molar refractivity (Wildman–Crippen MR) is 175 cm³/mol.